The zero-order chi connectivity index (χ0) is 20.4. The highest BCUT2D eigenvalue weighted by Crippen LogP contribution is 2.67. The minimum atomic E-state index is -0.555. The summed E-state index contributed by atoms with van der Waals surface area (Å²) in [7, 11) is 0. The molecule has 0 heterocycles. The molecule has 2 unspecified atom stereocenters. The third kappa shape index (κ3) is 3.02. The second kappa shape index (κ2) is 7.21. The van der Waals surface area contributed by atoms with Crippen LogP contribution in [0.4, 0.5) is 4.39 Å². The van der Waals surface area contributed by atoms with Crippen molar-refractivity contribution in [2.75, 3.05) is 0 Å². The van der Waals surface area contributed by atoms with Gasteiger partial charge in [-0.15, -0.1) is 0 Å². The van der Waals surface area contributed by atoms with Crippen LogP contribution in [0.5, 0.6) is 0 Å². The average Bonchev–Trinajstić information content (AvgIpc) is 3.06. The Balaban J connectivity index is 1.45. The second-order valence-corrected chi connectivity index (χ2v) is 11.7. The Kier molecular flexibility index (Phi) is 5.04. The third-order valence-corrected chi connectivity index (χ3v) is 10.5. The summed E-state index contributed by atoms with van der Waals surface area (Å²) in [5.41, 5.74) is 3.96. The second-order valence-electron chi connectivity index (χ2n) is 11.7. The van der Waals surface area contributed by atoms with Gasteiger partial charge in [0.2, 0.25) is 0 Å². The number of hydrogen-bond acceptors (Lipinski definition) is 1. The molecule has 1 N–H and O–H groups in total. The highest BCUT2D eigenvalue weighted by Gasteiger charge is 2.59. The number of fused-ring (bicyclic) bond motifs is 5. The van der Waals surface area contributed by atoms with Gasteiger partial charge in [-0.05, 0) is 111 Å². The Morgan fingerprint density at radius 1 is 1.00 bits per heavy atom. The van der Waals surface area contributed by atoms with Crippen molar-refractivity contribution < 1.29 is 9.50 Å². The number of aliphatic hydroxyl groups excluding tert-OH is 1. The van der Waals surface area contributed by atoms with E-state index in [1.54, 1.807) is 11.1 Å². The summed E-state index contributed by atoms with van der Waals surface area (Å²) in [5.74, 6) is 3.66. The molecule has 3 fully saturated rings. The maximum atomic E-state index is 13.8. The van der Waals surface area contributed by atoms with E-state index in [-0.39, 0.29) is 6.10 Å². The van der Waals surface area contributed by atoms with Gasteiger partial charge in [-0.1, -0.05) is 44.1 Å². The Morgan fingerprint density at radius 3 is 2.45 bits per heavy atom. The number of hydrogen-bond donors (Lipinski definition) is 1. The zero-order valence-electron chi connectivity index (χ0n) is 18.8. The molecule has 1 nitrogen and oxygen atoms in total. The third-order valence-electron chi connectivity index (χ3n) is 10.5. The molecule has 0 aromatic carbocycles. The van der Waals surface area contributed by atoms with Crippen LogP contribution < -0.4 is 0 Å². The van der Waals surface area contributed by atoms with Gasteiger partial charge < -0.3 is 5.11 Å². The molecule has 3 saturated carbocycles. The lowest BCUT2D eigenvalue weighted by Gasteiger charge is -2.60. The lowest BCUT2D eigenvalue weighted by atomic mass is 9.44. The summed E-state index contributed by atoms with van der Waals surface area (Å²) in [6.45, 7) is 7.48. The molecule has 0 aromatic heterocycles. The Labute approximate surface area is 177 Å². The molecule has 29 heavy (non-hydrogen) atoms. The van der Waals surface area contributed by atoms with Crippen LogP contribution in [0.2, 0.25) is 0 Å². The zero-order valence-corrected chi connectivity index (χ0v) is 18.8. The van der Waals surface area contributed by atoms with Crippen LogP contribution in [0.15, 0.2) is 23.3 Å². The van der Waals surface area contributed by atoms with Gasteiger partial charge >= 0.3 is 0 Å². The van der Waals surface area contributed by atoms with Crippen LogP contribution in [0.1, 0.15) is 91.4 Å². The normalized spacial score (nSPS) is 52.1. The van der Waals surface area contributed by atoms with Crippen LogP contribution in [-0.4, -0.2) is 17.4 Å². The summed E-state index contributed by atoms with van der Waals surface area (Å²) in [6.07, 6.45) is 16.5. The van der Waals surface area contributed by atoms with E-state index in [1.165, 1.54) is 32.1 Å². The maximum absolute atomic E-state index is 13.8. The summed E-state index contributed by atoms with van der Waals surface area (Å²) >= 11 is 0. The molecular weight excluding hydrogens is 359 g/mol. The predicted octanol–water partition coefficient (Wildman–Crippen LogP) is 7.01. The van der Waals surface area contributed by atoms with E-state index < -0.39 is 6.17 Å². The molecule has 162 valence electrons. The quantitative estimate of drug-likeness (QED) is 0.494. The molecule has 0 radical (unpaired) electrons. The highest BCUT2D eigenvalue weighted by atomic mass is 19.1. The molecule has 0 aliphatic heterocycles. The van der Waals surface area contributed by atoms with E-state index in [4.69, 9.17) is 0 Å². The standard InChI is InChI=1S/C27H41FO/c1-4-17-15-19-16-21(29)11-13-26(19,2)24-12-14-27(3)22(9-10-23(27)25(17)24)18-5-7-20(28)8-6-18/h9,15,17-18,20-21,23-25,29H,4-8,10-14,16H2,1-3H3/t17?,18?,20?,21?,23-,24+,25-,26-,27+/m0/s1. The van der Waals surface area contributed by atoms with E-state index in [2.05, 4.69) is 32.9 Å². The maximum Gasteiger partial charge on any atom is 0.100 e. The smallest absolute Gasteiger partial charge is 0.100 e. The van der Waals surface area contributed by atoms with E-state index in [9.17, 15) is 9.50 Å². The summed E-state index contributed by atoms with van der Waals surface area (Å²) in [5, 5.41) is 10.3. The van der Waals surface area contributed by atoms with E-state index >= 15 is 0 Å². The van der Waals surface area contributed by atoms with E-state index in [0.29, 0.717) is 22.7 Å². The highest BCUT2D eigenvalue weighted by molar-refractivity contribution is 5.32. The van der Waals surface area contributed by atoms with Crippen LogP contribution in [0.3, 0.4) is 0 Å². The largest absolute Gasteiger partial charge is 0.393 e. The fourth-order valence-electron chi connectivity index (χ4n) is 8.80. The topological polar surface area (TPSA) is 20.2 Å². The number of allylic oxidation sites excluding steroid dienone is 3. The first kappa shape index (κ1) is 20.3. The van der Waals surface area contributed by atoms with Crippen molar-refractivity contribution in [1.82, 2.24) is 0 Å². The van der Waals surface area contributed by atoms with Crippen molar-refractivity contribution in [3.8, 4) is 0 Å². The molecule has 2 heteroatoms. The fraction of sp³-hybridized carbons (Fsp3) is 0.852. The lowest BCUT2D eigenvalue weighted by molar-refractivity contribution is -0.0544. The van der Waals surface area contributed by atoms with Gasteiger partial charge in [-0.3, -0.25) is 0 Å². The van der Waals surface area contributed by atoms with Gasteiger partial charge in [-0.25, -0.2) is 4.39 Å². The Hall–Kier alpha value is -0.630. The number of alkyl halides is 1. The number of rotatable bonds is 2. The summed E-state index contributed by atoms with van der Waals surface area (Å²) < 4.78 is 13.8. The average molecular weight is 401 g/mol. The first-order valence-electron chi connectivity index (χ1n) is 12.6. The van der Waals surface area contributed by atoms with Gasteiger partial charge in [0.15, 0.2) is 0 Å². The molecule has 5 aliphatic rings. The van der Waals surface area contributed by atoms with Gasteiger partial charge in [0.1, 0.15) is 6.17 Å². The van der Waals surface area contributed by atoms with Crippen LogP contribution in [0.25, 0.3) is 0 Å². The minimum absolute atomic E-state index is 0.123. The monoisotopic (exact) mass is 400 g/mol. The molecular formula is C27H41FO. The summed E-state index contributed by atoms with van der Waals surface area (Å²) in [6, 6.07) is 0. The summed E-state index contributed by atoms with van der Waals surface area (Å²) in [4.78, 5) is 0. The van der Waals surface area contributed by atoms with Crippen molar-refractivity contribution in [3.63, 3.8) is 0 Å². The number of halogens is 1. The van der Waals surface area contributed by atoms with E-state index in [0.717, 1.165) is 56.3 Å². The molecule has 0 amide bonds. The predicted molar refractivity (Wildman–Crippen MR) is 117 cm³/mol. The van der Waals surface area contributed by atoms with Crippen LogP contribution >= 0.6 is 0 Å². The Morgan fingerprint density at radius 2 is 1.72 bits per heavy atom. The molecule has 0 saturated heterocycles. The molecule has 5 aliphatic carbocycles. The SMILES string of the molecule is CCC1C=C2CC(O)CC[C@]2(C)[C@@H]2CC[C@]3(C)C(C4CCC(F)CC4)=CC[C@H]3[C@H]12. The first-order valence-corrected chi connectivity index (χ1v) is 12.6. The molecule has 0 bridgehead atoms. The van der Waals surface area contributed by atoms with Gasteiger partial charge in [0, 0.05) is 0 Å². The van der Waals surface area contributed by atoms with Gasteiger partial charge in [0.25, 0.3) is 0 Å². The molecule has 5 rings (SSSR count). The number of aliphatic hydroxyl groups is 1. The molecule has 7 atom stereocenters. The van der Waals surface area contributed by atoms with E-state index in [1.807, 2.05) is 0 Å². The van der Waals surface area contributed by atoms with Crippen molar-refractivity contribution >= 4 is 0 Å². The molecule has 0 aromatic rings. The fourth-order valence-corrected chi connectivity index (χ4v) is 8.80. The first-order chi connectivity index (χ1) is 13.9. The van der Waals surface area contributed by atoms with Crippen LogP contribution in [0, 0.1) is 40.4 Å². The minimum Gasteiger partial charge on any atom is -0.393 e. The van der Waals surface area contributed by atoms with Gasteiger partial charge in [-0.2, -0.15) is 0 Å². The van der Waals surface area contributed by atoms with Crippen molar-refractivity contribution in [2.24, 2.45) is 40.4 Å². The lowest BCUT2D eigenvalue weighted by Crippen LogP contribution is -2.53. The van der Waals surface area contributed by atoms with Gasteiger partial charge in [0.05, 0.1) is 6.10 Å². The van der Waals surface area contributed by atoms with Crippen molar-refractivity contribution in [3.05, 3.63) is 23.3 Å². The van der Waals surface area contributed by atoms with Crippen molar-refractivity contribution in [1.29, 1.82) is 0 Å². The molecule has 0 spiro atoms. The van der Waals surface area contributed by atoms with Crippen molar-refractivity contribution in [2.45, 2.75) is 104 Å². The van der Waals surface area contributed by atoms with Crippen LogP contribution in [-0.2, 0) is 0 Å². The Bertz CT molecular complexity index is 701.